The van der Waals surface area contributed by atoms with E-state index in [1.807, 2.05) is 0 Å². The van der Waals surface area contributed by atoms with Gasteiger partial charge in [0.25, 0.3) is 0 Å². The number of carbonyl (C=O) groups excluding carboxylic acids is 1. The second-order valence-electron chi connectivity index (χ2n) is 4.33. The van der Waals surface area contributed by atoms with E-state index < -0.39 is 0 Å². The van der Waals surface area contributed by atoms with E-state index in [1.54, 1.807) is 0 Å². The molecule has 2 unspecified atom stereocenters. The normalized spacial score (nSPS) is 34.7. The predicted molar refractivity (Wildman–Crippen MR) is 55.1 cm³/mol. The fraction of sp³-hybridized carbons (Fsp3) is 0.500. The Morgan fingerprint density at radius 3 is 3.21 bits per heavy atom. The first-order chi connectivity index (χ1) is 6.84. The van der Waals surface area contributed by atoms with E-state index in [-0.39, 0.29) is 0 Å². The Kier molecular flexibility index (Phi) is 1.69. The van der Waals surface area contributed by atoms with Crippen LogP contribution in [-0.4, -0.2) is 11.5 Å². The Hall–Kier alpha value is -1.18. The summed E-state index contributed by atoms with van der Waals surface area (Å²) in [6.07, 6.45) is 9.89. The van der Waals surface area contributed by atoms with Crippen molar-refractivity contribution < 1.29 is 4.79 Å². The standard InChI is InChI=1S/C12H13NO/c14-8-5-6-10-9-3-1-2-4-11(9)13-12(10)7-8/h1-2,4,9-10H,3,5-7H2. The van der Waals surface area contributed by atoms with Crippen LogP contribution in [0.5, 0.6) is 0 Å². The van der Waals surface area contributed by atoms with Crippen LogP contribution in [0.4, 0.5) is 0 Å². The van der Waals surface area contributed by atoms with Crippen LogP contribution >= 0.6 is 0 Å². The second kappa shape index (κ2) is 2.91. The van der Waals surface area contributed by atoms with E-state index in [0.717, 1.165) is 25.0 Å². The molecule has 0 aromatic rings. The average Bonchev–Trinajstić information content (AvgIpc) is 2.54. The quantitative estimate of drug-likeness (QED) is 0.572. The minimum absolute atomic E-state index is 0.368. The molecule has 0 radical (unpaired) electrons. The van der Waals surface area contributed by atoms with E-state index in [0.29, 0.717) is 24.0 Å². The number of hydrogen-bond acceptors (Lipinski definition) is 2. The van der Waals surface area contributed by atoms with Gasteiger partial charge in [0.05, 0.1) is 0 Å². The Bertz CT molecular complexity index is 376. The van der Waals surface area contributed by atoms with Gasteiger partial charge in [-0.2, -0.15) is 0 Å². The Morgan fingerprint density at radius 1 is 1.36 bits per heavy atom. The van der Waals surface area contributed by atoms with Crippen molar-refractivity contribution in [2.75, 3.05) is 0 Å². The zero-order valence-electron chi connectivity index (χ0n) is 8.07. The van der Waals surface area contributed by atoms with Crippen LogP contribution in [-0.2, 0) is 4.79 Å². The van der Waals surface area contributed by atoms with E-state index in [4.69, 9.17) is 0 Å². The van der Waals surface area contributed by atoms with Gasteiger partial charge < -0.3 is 0 Å². The fourth-order valence-electron chi connectivity index (χ4n) is 2.75. The number of rotatable bonds is 0. The molecular weight excluding hydrogens is 174 g/mol. The summed E-state index contributed by atoms with van der Waals surface area (Å²) in [5.41, 5.74) is 2.36. The molecule has 1 aliphatic heterocycles. The minimum Gasteiger partial charge on any atom is -0.299 e. The number of nitrogens with zero attached hydrogens (tertiary/aromatic N) is 1. The third-order valence-electron chi connectivity index (χ3n) is 3.47. The third-order valence-corrected chi connectivity index (χ3v) is 3.47. The Morgan fingerprint density at radius 2 is 2.29 bits per heavy atom. The van der Waals surface area contributed by atoms with Crippen LogP contribution in [0.15, 0.2) is 28.9 Å². The molecule has 3 aliphatic rings. The highest BCUT2D eigenvalue weighted by atomic mass is 16.1. The topological polar surface area (TPSA) is 29.4 Å². The zero-order chi connectivity index (χ0) is 9.54. The van der Waals surface area contributed by atoms with Crippen LogP contribution < -0.4 is 0 Å². The highest BCUT2D eigenvalue weighted by Crippen LogP contribution is 2.41. The first kappa shape index (κ1) is 8.16. The average molecular weight is 187 g/mol. The molecule has 3 rings (SSSR count). The van der Waals surface area contributed by atoms with Crippen molar-refractivity contribution in [3.8, 4) is 0 Å². The third kappa shape index (κ3) is 1.10. The lowest BCUT2D eigenvalue weighted by molar-refractivity contribution is -0.118. The smallest absolute Gasteiger partial charge is 0.138 e. The van der Waals surface area contributed by atoms with Crippen molar-refractivity contribution in [1.82, 2.24) is 0 Å². The van der Waals surface area contributed by atoms with Crippen molar-refractivity contribution >= 4 is 11.5 Å². The summed E-state index contributed by atoms with van der Waals surface area (Å²) in [7, 11) is 0. The van der Waals surface area contributed by atoms with Crippen LogP contribution in [0.1, 0.15) is 25.7 Å². The lowest BCUT2D eigenvalue weighted by Crippen LogP contribution is -2.26. The van der Waals surface area contributed by atoms with Crippen molar-refractivity contribution in [2.24, 2.45) is 16.8 Å². The molecule has 1 fully saturated rings. The molecule has 2 heteroatoms. The van der Waals surface area contributed by atoms with Crippen molar-refractivity contribution in [3.05, 3.63) is 23.9 Å². The molecule has 0 aromatic carbocycles. The molecule has 1 saturated carbocycles. The Labute approximate surface area is 83.4 Å². The molecule has 1 heterocycles. The van der Waals surface area contributed by atoms with Crippen molar-refractivity contribution in [2.45, 2.75) is 25.7 Å². The summed E-state index contributed by atoms with van der Waals surface area (Å²) in [4.78, 5) is 15.9. The predicted octanol–water partition coefficient (Wildman–Crippen LogP) is 2.27. The van der Waals surface area contributed by atoms with E-state index in [1.165, 1.54) is 5.70 Å². The molecule has 2 aliphatic carbocycles. The summed E-state index contributed by atoms with van der Waals surface area (Å²) < 4.78 is 0. The second-order valence-corrected chi connectivity index (χ2v) is 4.33. The highest BCUT2D eigenvalue weighted by molar-refractivity contribution is 6.07. The summed E-state index contributed by atoms with van der Waals surface area (Å²) >= 11 is 0. The summed E-state index contributed by atoms with van der Waals surface area (Å²) in [6, 6.07) is 0. The minimum atomic E-state index is 0.368. The lowest BCUT2D eigenvalue weighted by Gasteiger charge is -2.24. The van der Waals surface area contributed by atoms with Crippen LogP contribution in [0.25, 0.3) is 0 Å². The molecule has 0 aromatic heterocycles. The molecular formula is C12H13NO. The molecule has 0 bridgehead atoms. The number of aliphatic imine (C=N–C) groups is 1. The highest BCUT2D eigenvalue weighted by Gasteiger charge is 2.38. The molecule has 2 nitrogen and oxygen atoms in total. The molecule has 0 N–H and O–H groups in total. The van der Waals surface area contributed by atoms with Gasteiger partial charge in [-0.05, 0) is 18.9 Å². The summed E-state index contributed by atoms with van der Waals surface area (Å²) in [5.74, 6) is 1.53. The number of carbonyl (C=O) groups is 1. The van der Waals surface area contributed by atoms with Gasteiger partial charge >= 0.3 is 0 Å². The molecule has 0 spiro atoms. The molecule has 0 saturated heterocycles. The van der Waals surface area contributed by atoms with Crippen LogP contribution in [0.3, 0.4) is 0 Å². The molecule has 0 amide bonds. The SMILES string of the molecule is O=C1CCC2C(=NC3=CC=CCC32)C1. The maximum atomic E-state index is 11.3. The number of Topliss-reactive ketones (excluding diaryl/α,β-unsaturated/α-hetero) is 1. The maximum absolute atomic E-state index is 11.3. The summed E-state index contributed by atoms with van der Waals surface area (Å²) in [5, 5.41) is 0. The van der Waals surface area contributed by atoms with Crippen molar-refractivity contribution in [1.29, 1.82) is 0 Å². The van der Waals surface area contributed by atoms with Gasteiger partial charge in [-0.3, -0.25) is 9.79 Å². The maximum Gasteiger partial charge on any atom is 0.138 e. The molecule has 2 atom stereocenters. The van der Waals surface area contributed by atoms with E-state index >= 15 is 0 Å². The largest absolute Gasteiger partial charge is 0.299 e. The van der Waals surface area contributed by atoms with Gasteiger partial charge in [-0.15, -0.1) is 0 Å². The van der Waals surface area contributed by atoms with Crippen molar-refractivity contribution in [3.63, 3.8) is 0 Å². The lowest BCUT2D eigenvalue weighted by atomic mass is 9.77. The van der Waals surface area contributed by atoms with E-state index in [2.05, 4.69) is 23.2 Å². The molecule has 72 valence electrons. The van der Waals surface area contributed by atoms with Gasteiger partial charge in [0.1, 0.15) is 5.78 Å². The van der Waals surface area contributed by atoms with Gasteiger partial charge in [0.15, 0.2) is 0 Å². The Balaban J connectivity index is 1.95. The van der Waals surface area contributed by atoms with Crippen LogP contribution in [0.2, 0.25) is 0 Å². The molecule has 14 heavy (non-hydrogen) atoms. The van der Waals surface area contributed by atoms with Gasteiger partial charge in [0.2, 0.25) is 0 Å². The number of hydrogen-bond donors (Lipinski definition) is 0. The number of fused-ring (bicyclic) bond motifs is 3. The van der Waals surface area contributed by atoms with Gasteiger partial charge in [-0.1, -0.05) is 12.2 Å². The van der Waals surface area contributed by atoms with E-state index in [9.17, 15) is 4.79 Å². The monoisotopic (exact) mass is 187 g/mol. The summed E-state index contributed by atoms with van der Waals surface area (Å²) in [6.45, 7) is 0. The van der Waals surface area contributed by atoms with Gasteiger partial charge in [-0.25, -0.2) is 0 Å². The fourth-order valence-corrected chi connectivity index (χ4v) is 2.75. The number of ketones is 1. The number of allylic oxidation sites excluding steroid dienone is 4. The zero-order valence-corrected chi connectivity index (χ0v) is 8.07. The van der Waals surface area contributed by atoms with Gasteiger partial charge in [0, 0.05) is 36.1 Å². The first-order valence-electron chi connectivity index (χ1n) is 5.30. The van der Waals surface area contributed by atoms with Crippen LogP contribution in [0, 0.1) is 11.8 Å². The first-order valence-corrected chi connectivity index (χ1v) is 5.30.